The summed E-state index contributed by atoms with van der Waals surface area (Å²) >= 11 is 5.82. The van der Waals surface area contributed by atoms with Gasteiger partial charge in [0.1, 0.15) is 6.33 Å². The molecule has 0 fully saturated rings. The lowest BCUT2D eigenvalue weighted by Crippen LogP contribution is -2.14. The molecule has 10 nitrogen and oxygen atoms in total. The molecule has 0 saturated carbocycles. The van der Waals surface area contributed by atoms with E-state index < -0.39 is 10.8 Å². The van der Waals surface area contributed by atoms with E-state index in [0.29, 0.717) is 11.6 Å². The molecule has 0 saturated heterocycles. The van der Waals surface area contributed by atoms with Crippen LogP contribution in [0.2, 0.25) is 5.02 Å². The average molecular weight is 348 g/mol. The van der Waals surface area contributed by atoms with Crippen LogP contribution in [0.15, 0.2) is 36.7 Å². The van der Waals surface area contributed by atoms with Crippen molar-refractivity contribution in [3.63, 3.8) is 0 Å². The third kappa shape index (κ3) is 3.55. The fourth-order valence-electron chi connectivity index (χ4n) is 1.89. The predicted molar refractivity (Wildman–Crippen MR) is 83.8 cm³/mol. The molecule has 0 aliphatic rings. The van der Waals surface area contributed by atoms with E-state index >= 15 is 0 Å². The topological polar surface area (TPSA) is 132 Å². The van der Waals surface area contributed by atoms with Crippen LogP contribution in [-0.4, -0.2) is 35.8 Å². The lowest BCUT2D eigenvalue weighted by atomic mass is 10.2. The van der Waals surface area contributed by atoms with E-state index in [1.807, 2.05) is 12.1 Å². The van der Waals surface area contributed by atoms with Gasteiger partial charge in [-0.05, 0) is 22.6 Å². The van der Waals surface area contributed by atoms with Crippen molar-refractivity contribution < 1.29 is 9.72 Å². The van der Waals surface area contributed by atoms with E-state index in [1.165, 1.54) is 11.0 Å². The molecule has 1 amide bonds. The Morgan fingerprint density at radius 2 is 2.12 bits per heavy atom. The summed E-state index contributed by atoms with van der Waals surface area (Å²) in [6, 6.07) is 8.26. The Hall–Kier alpha value is -3.27. The largest absolute Gasteiger partial charge is 0.358 e. The Morgan fingerprint density at radius 1 is 1.38 bits per heavy atom. The zero-order valence-electron chi connectivity index (χ0n) is 12.0. The van der Waals surface area contributed by atoms with Gasteiger partial charge in [0.2, 0.25) is 5.95 Å². The number of aromatic nitrogens is 5. The number of amides is 1. The van der Waals surface area contributed by atoms with E-state index in [2.05, 4.69) is 25.6 Å². The van der Waals surface area contributed by atoms with Crippen molar-refractivity contribution in [3.05, 3.63) is 63.1 Å². The summed E-state index contributed by atoms with van der Waals surface area (Å²) in [5.74, 6) is -0.954. The molecule has 1 aromatic carbocycles. The fourth-order valence-corrected chi connectivity index (χ4v) is 2.02. The van der Waals surface area contributed by atoms with Gasteiger partial charge in [0.15, 0.2) is 5.69 Å². The van der Waals surface area contributed by atoms with Gasteiger partial charge < -0.3 is 10.1 Å². The van der Waals surface area contributed by atoms with Crippen molar-refractivity contribution in [2.45, 2.75) is 6.54 Å². The molecule has 2 aromatic heterocycles. The van der Waals surface area contributed by atoms with Crippen LogP contribution in [0.4, 0.5) is 11.8 Å². The molecule has 0 atom stereocenters. The molecule has 0 aliphatic heterocycles. The van der Waals surface area contributed by atoms with Gasteiger partial charge in [-0.2, -0.15) is 0 Å². The Balaban J connectivity index is 1.65. The maximum absolute atomic E-state index is 11.9. The molecule has 2 N–H and O–H groups in total. The summed E-state index contributed by atoms with van der Waals surface area (Å²) in [6.45, 7) is 0.452. The number of rotatable bonds is 5. The third-order valence-electron chi connectivity index (χ3n) is 3.01. The molecule has 0 spiro atoms. The first-order valence-electron chi connectivity index (χ1n) is 6.66. The highest BCUT2D eigenvalue weighted by molar-refractivity contribution is 6.30. The number of benzene rings is 1. The highest BCUT2D eigenvalue weighted by Crippen LogP contribution is 2.12. The molecule has 3 aromatic rings. The number of halogens is 1. The second-order valence-electron chi connectivity index (χ2n) is 4.74. The van der Waals surface area contributed by atoms with Crippen molar-refractivity contribution in [1.82, 2.24) is 25.0 Å². The van der Waals surface area contributed by atoms with Crippen molar-refractivity contribution >= 4 is 29.3 Å². The predicted octanol–water partition coefficient (Wildman–Crippen LogP) is 1.86. The van der Waals surface area contributed by atoms with Gasteiger partial charge in [-0.1, -0.05) is 28.8 Å². The lowest BCUT2D eigenvalue weighted by Gasteiger charge is -2.01. The lowest BCUT2D eigenvalue weighted by molar-refractivity contribution is -0.389. The zero-order chi connectivity index (χ0) is 17.1. The first-order chi connectivity index (χ1) is 11.5. The maximum Gasteiger partial charge on any atom is 0.343 e. The van der Waals surface area contributed by atoms with E-state index in [9.17, 15) is 14.9 Å². The number of hydrogen-bond acceptors (Lipinski definition) is 6. The van der Waals surface area contributed by atoms with Gasteiger partial charge >= 0.3 is 5.82 Å². The summed E-state index contributed by atoms with van der Waals surface area (Å²) in [5.41, 5.74) is 0.834. The minimum atomic E-state index is -0.678. The first-order valence-corrected chi connectivity index (χ1v) is 7.04. The molecule has 2 heterocycles. The molecule has 11 heteroatoms. The van der Waals surface area contributed by atoms with Crippen LogP contribution in [0.5, 0.6) is 0 Å². The van der Waals surface area contributed by atoms with Crippen molar-refractivity contribution in [2.75, 3.05) is 5.32 Å². The molecular weight excluding hydrogens is 338 g/mol. The molecule has 122 valence electrons. The summed E-state index contributed by atoms with van der Waals surface area (Å²) < 4.78 is 1.53. The minimum Gasteiger partial charge on any atom is -0.358 e. The third-order valence-corrected chi connectivity index (χ3v) is 3.27. The Bertz CT molecular complexity index is 887. The van der Waals surface area contributed by atoms with Crippen LogP contribution < -0.4 is 5.32 Å². The first kappa shape index (κ1) is 15.6. The summed E-state index contributed by atoms with van der Waals surface area (Å²) in [7, 11) is 0. The summed E-state index contributed by atoms with van der Waals surface area (Å²) in [5, 5.41) is 23.4. The van der Waals surface area contributed by atoms with Crippen LogP contribution in [0.1, 0.15) is 16.1 Å². The van der Waals surface area contributed by atoms with Gasteiger partial charge in [-0.25, -0.2) is 9.67 Å². The molecule has 0 unspecified atom stereocenters. The van der Waals surface area contributed by atoms with E-state index in [1.54, 1.807) is 12.1 Å². The fraction of sp³-hybridized carbons (Fsp3) is 0.0769. The summed E-state index contributed by atoms with van der Waals surface area (Å²) in [6.07, 6.45) is 1.46. The normalized spacial score (nSPS) is 10.5. The number of nitro groups is 1. The standard InChI is InChI=1S/C13H10ClN7O3/c14-9-3-1-8(2-4-9)6-20-7-15-13(19-20)16-12(22)10-5-11(18-17-10)21(23)24/h1-5,7H,6H2,(H,17,18)(H,16,19,22). The van der Waals surface area contributed by atoms with Gasteiger partial charge in [0.05, 0.1) is 12.6 Å². The molecule has 0 bridgehead atoms. The quantitative estimate of drug-likeness (QED) is 0.534. The number of carbonyl (C=O) groups excluding carboxylic acids is 1. The van der Waals surface area contributed by atoms with Crippen molar-refractivity contribution in [1.29, 1.82) is 0 Å². The second kappa shape index (κ2) is 6.46. The number of nitrogens with one attached hydrogen (secondary N) is 2. The number of hydrogen-bond donors (Lipinski definition) is 2. The Kier molecular flexibility index (Phi) is 4.20. The van der Waals surface area contributed by atoms with Gasteiger partial charge in [-0.3, -0.25) is 10.1 Å². The smallest absolute Gasteiger partial charge is 0.343 e. The Labute approximate surface area is 139 Å². The highest BCUT2D eigenvalue weighted by atomic mass is 35.5. The number of anilines is 1. The van der Waals surface area contributed by atoms with Crippen molar-refractivity contribution in [3.8, 4) is 0 Å². The van der Waals surface area contributed by atoms with Crippen LogP contribution >= 0.6 is 11.6 Å². The molecule has 24 heavy (non-hydrogen) atoms. The van der Waals surface area contributed by atoms with E-state index in [0.717, 1.165) is 11.6 Å². The SMILES string of the molecule is O=C(Nc1ncn(Cc2ccc(Cl)cc2)n1)c1cc([N+](=O)[O-])[nH]n1. The number of aromatic amines is 1. The molecule has 3 rings (SSSR count). The second-order valence-corrected chi connectivity index (χ2v) is 5.18. The van der Waals surface area contributed by atoms with Crippen LogP contribution in [-0.2, 0) is 6.54 Å². The van der Waals surface area contributed by atoms with E-state index in [-0.39, 0.29) is 17.5 Å². The monoisotopic (exact) mass is 347 g/mol. The zero-order valence-corrected chi connectivity index (χ0v) is 12.8. The van der Waals surface area contributed by atoms with Crippen molar-refractivity contribution in [2.24, 2.45) is 0 Å². The number of H-pyrrole nitrogens is 1. The van der Waals surface area contributed by atoms with Crippen LogP contribution in [0.25, 0.3) is 0 Å². The maximum atomic E-state index is 11.9. The number of carbonyl (C=O) groups is 1. The molecule has 0 aliphatic carbocycles. The highest BCUT2D eigenvalue weighted by Gasteiger charge is 2.17. The molecule has 0 radical (unpaired) electrons. The minimum absolute atomic E-state index is 0.0691. The Morgan fingerprint density at radius 3 is 2.79 bits per heavy atom. The van der Waals surface area contributed by atoms with Crippen LogP contribution in [0.3, 0.4) is 0 Å². The molecular formula is C13H10ClN7O3. The summed E-state index contributed by atoms with van der Waals surface area (Å²) in [4.78, 5) is 25.8. The van der Waals surface area contributed by atoms with Crippen LogP contribution in [0, 0.1) is 10.1 Å². The van der Waals surface area contributed by atoms with E-state index in [4.69, 9.17) is 11.6 Å². The average Bonchev–Trinajstić information content (AvgIpc) is 3.19. The van der Waals surface area contributed by atoms with Gasteiger partial charge in [-0.15, -0.1) is 10.2 Å². The van der Waals surface area contributed by atoms with Gasteiger partial charge in [0.25, 0.3) is 5.91 Å². The van der Waals surface area contributed by atoms with Gasteiger partial charge in [0, 0.05) is 5.02 Å². The number of nitrogens with zero attached hydrogens (tertiary/aromatic N) is 5.